The largest absolute Gasteiger partial charge is 0.393 e. The Hall–Kier alpha value is -0.830. The smallest absolute Gasteiger partial charge is 0.223 e. The summed E-state index contributed by atoms with van der Waals surface area (Å²) in [4.78, 5) is 11.8. The Balaban J connectivity index is 1.72. The molecule has 0 radical (unpaired) electrons. The third-order valence-electron chi connectivity index (χ3n) is 3.80. The lowest BCUT2D eigenvalue weighted by Crippen LogP contribution is -2.36. The first-order valence-corrected chi connectivity index (χ1v) is 6.38. The zero-order valence-electron chi connectivity index (χ0n) is 9.69. The van der Waals surface area contributed by atoms with Gasteiger partial charge in [0.2, 0.25) is 5.91 Å². The second-order valence-electron chi connectivity index (χ2n) is 4.98. The predicted molar refractivity (Wildman–Crippen MR) is 62.8 cm³/mol. The van der Waals surface area contributed by atoms with Crippen LogP contribution in [0.5, 0.6) is 0 Å². The highest BCUT2D eigenvalue weighted by molar-refractivity contribution is 5.78. The van der Waals surface area contributed by atoms with E-state index in [0.29, 0.717) is 6.54 Å². The predicted octanol–water partition coefficient (Wildman–Crippen LogP) is 1.62. The Labute approximate surface area is 96.9 Å². The number of aliphatic hydroxyl groups excluding tert-OH is 1. The summed E-state index contributed by atoms with van der Waals surface area (Å²) in [6.07, 6.45) is 9.93. The van der Waals surface area contributed by atoms with Crippen molar-refractivity contribution in [1.29, 1.82) is 0 Å². The van der Waals surface area contributed by atoms with Crippen LogP contribution in [-0.2, 0) is 4.79 Å². The summed E-state index contributed by atoms with van der Waals surface area (Å²) in [5, 5.41) is 12.6. The van der Waals surface area contributed by atoms with Crippen molar-refractivity contribution >= 4 is 5.91 Å². The lowest BCUT2D eigenvalue weighted by molar-refractivity contribution is -0.125. The highest BCUT2D eigenvalue weighted by atomic mass is 16.3. The summed E-state index contributed by atoms with van der Waals surface area (Å²) in [5.74, 6) is 0.607. The molecule has 0 aliphatic heterocycles. The van der Waals surface area contributed by atoms with Crippen LogP contribution >= 0.6 is 0 Å². The second kappa shape index (κ2) is 5.48. The molecule has 16 heavy (non-hydrogen) atoms. The number of aliphatic hydroxyl groups is 1. The molecular weight excluding hydrogens is 202 g/mol. The minimum absolute atomic E-state index is 0.156. The van der Waals surface area contributed by atoms with E-state index in [4.69, 9.17) is 0 Å². The van der Waals surface area contributed by atoms with Crippen LogP contribution in [0.3, 0.4) is 0 Å². The van der Waals surface area contributed by atoms with Gasteiger partial charge in [-0.25, -0.2) is 0 Å². The van der Waals surface area contributed by atoms with Gasteiger partial charge in [0, 0.05) is 18.4 Å². The molecule has 3 nitrogen and oxygen atoms in total. The molecule has 1 fully saturated rings. The number of hydrogen-bond donors (Lipinski definition) is 2. The van der Waals surface area contributed by atoms with Crippen molar-refractivity contribution < 1.29 is 9.90 Å². The minimum atomic E-state index is -0.202. The van der Waals surface area contributed by atoms with Gasteiger partial charge in [-0.1, -0.05) is 18.6 Å². The van der Waals surface area contributed by atoms with Crippen LogP contribution in [0.2, 0.25) is 0 Å². The van der Waals surface area contributed by atoms with Gasteiger partial charge in [0.05, 0.1) is 6.10 Å². The average Bonchev–Trinajstić information content (AvgIpc) is 2.73. The maximum Gasteiger partial charge on any atom is 0.223 e. The van der Waals surface area contributed by atoms with Gasteiger partial charge in [-0.3, -0.25) is 4.79 Å². The molecule has 3 atom stereocenters. The Kier molecular flexibility index (Phi) is 3.99. The fraction of sp³-hybridized carbons (Fsp3) is 0.769. The number of carbonyl (C=O) groups is 1. The molecule has 90 valence electrons. The molecule has 0 aromatic carbocycles. The van der Waals surface area contributed by atoms with E-state index in [0.717, 1.165) is 38.5 Å². The first-order valence-electron chi connectivity index (χ1n) is 6.38. The van der Waals surface area contributed by atoms with E-state index in [-0.39, 0.29) is 23.8 Å². The maximum absolute atomic E-state index is 11.8. The summed E-state index contributed by atoms with van der Waals surface area (Å²) in [6, 6.07) is 0. The molecule has 2 aliphatic carbocycles. The van der Waals surface area contributed by atoms with Crippen molar-refractivity contribution in [3.05, 3.63) is 12.2 Å². The second-order valence-corrected chi connectivity index (χ2v) is 4.98. The zero-order valence-corrected chi connectivity index (χ0v) is 9.69. The molecule has 0 heterocycles. The maximum atomic E-state index is 11.8. The van der Waals surface area contributed by atoms with Crippen LogP contribution < -0.4 is 5.32 Å². The molecule has 0 aromatic heterocycles. The summed E-state index contributed by atoms with van der Waals surface area (Å²) in [5.41, 5.74) is 0. The molecule has 0 spiro atoms. The first kappa shape index (κ1) is 11.6. The molecule has 3 heteroatoms. The fourth-order valence-corrected chi connectivity index (χ4v) is 2.66. The van der Waals surface area contributed by atoms with Gasteiger partial charge in [0.15, 0.2) is 0 Å². The normalized spacial score (nSPS) is 33.9. The van der Waals surface area contributed by atoms with Crippen LogP contribution in [0.4, 0.5) is 0 Å². The van der Waals surface area contributed by atoms with Gasteiger partial charge in [0.25, 0.3) is 0 Å². The highest BCUT2D eigenvalue weighted by Gasteiger charge is 2.26. The summed E-state index contributed by atoms with van der Waals surface area (Å²) < 4.78 is 0. The lowest BCUT2D eigenvalue weighted by Gasteiger charge is -2.20. The van der Waals surface area contributed by atoms with Crippen LogP contribution in [0, 0.1) is 11.8 Å². The molecule has 2 aliphatic rings. The van der Waals surface area contributed by atoms with Crippen LogP contribution in [0.1, 0.15) is 38.5 Å². The molecule has 2 rings (SSSR count). The fourth-order valence-electron chi connectivity index (χ4n) is 2.66. The van der Waals surface area contributed by atoms with E-state index in [9.17, 15) is 9.90 Å². The van der Waals surface area contributed by atoms with E-state index in [2.05, 4.69) is 17.5 Å². The molecule has 2 N–H and O–H groups in total. The monoisotopic (exact) mass is 223 g/mol. The van der Waals surface area contributed by atoms with Crippen LogP contribution in [0.15, 0.2) is 12.2 Å². The Bertz CT molecular complexity index is 275. The average molecular weight is 223 g/mol. The van der Waals surface area contributed by atoms with Gasteiger partial charge < -0.3 is 10.4 Å². The van der Waals surface area contributed by atoms with Gasteiger partial charge in [-0.2, -0.15) is 0 Å². The summed E-state index contributed by atoms with van der Waals surface area (Å²) in [7, 11) is 0. The molecular formula is C13H21NO2. The van der Waals surface area contributed by atoms with Crippen LogP contribution in [0.25, 0.3) is 0 Å². The SMILES string of the molecule is O=C(NCC1CCCC1O)C1CC=CCC1. The molecule has 1 amide bonds. The number of carbonyl (C=O) groups excluding carboxylic acids is 1. The van der Waals surface area contributed by atoms with E-state index in [1.54, 1.807) is 0 Å². The number of allylic oxidation sites excluding steroid dienone is 2. The lowest BCUT2D eigenvalue weighted by atomic mass is 9.93. The van der Waals surface area contributed by atoms with Crippen molar-refractivity contribution in [2.75, 3.05) is 6.54 Å². The van der Waals surface area contributed by atoms with E-state index >= 15 is 0 Å². The quantitative estimate of drug-likeness (QED) is 0.714. The molecule has 1 saturated carbocycles. The number of nitrogens with one attached hydrogen (secondary N) is 1. The molecule has 0 aromatic rings. The number of rotatable bonds is 3. The Morgan fingerprint density at radius 1 is 1.31 bits per heavy atom. The zero-order chi connectivity index (χ0) is 11.4. The van der Waals surface area contributed by atoms with Gasteiger partial charge in [0.1, 0.15) is 0 Å². The Morgan fingerprint density at radius 2 is 2.19 bits per heavy atom. The summed E-state index contributed by atoms with van der Waals surface area (Å²) >= 11 is 0. The van der Waals surface area contributed by atoms with Gasteiger partial charge in [-0.05, 0) is 32.1 Å². The van der Waals surface area contributed by atoms with Gasteiger partial charge in [-0.15, -0.1) is 0 Å². The van der Waals surface area contributed by atoms with E-state index < -0.39 is 0 Å². The topological polar surface area (TPSA) is 49.3 Å². The van der Waals surface area contributed by atoms with Gasteiger partial charge >= 0.3 is 0 Å². The van der Waals surface area contributed by atoms with Crippen LogP contribution in [-0.4, -0.2) is 23.7 Å². The third-order valence-corrected chi connectivity index (χ3v) is 3.80. The third kappa shape index (κ3) is 2.85. The summed E-state index contributed by atoms with van der Waals surface area (Å²) in [6.45, 7) is 0.653. The molecule has 0 bridgehead atoms. The van der Waals surface area contributed by atoms with E-state index in [1.165, 1.54) is 0 Å². The number of hydrogen-bond acceptors (Lipinski definition) is 2. The van der Waals surface area contributed by atoms with Crippen molar-refractivity contribution in [1.82, 2.24) is 5.32 Å². The first-order chi connectivity index (χ1) is 7.77. The molecule has 3 unspecified atom stereocenters. The Morgan fingerprint density at radius 3 is 2.81 bits per heavy atom. The van der Waals surface area contributed by atoms with Crippen molar-refractivity contribution in [2.45, 2.75) is 44.6 Å². The standard InChI is InChI=1S/C13H21NO2/c15-12-8-4-7-11(12)9-14-13(16)10-5-2-1-3-6-10/h1-2,10-12,15H,3-9H2,(H,14,16). The van der Waals surface area contributed by atoms with Crippen molar-refractivity contribution in [2.24, 2.45) is 11.8 Å². The van der Waals surface area contributed by atoms with Crippen molar-refractivity contribution in [3.63, 3.8) is 0 Å². The molecule has 0 saturated heterocycles. The minimum Gasteiger partial charge on any atom is -0.393 e. The number of amides is 1. The van der Waals surface area contributed by atoms with E-state index in [1.807, 2.05) is 0 Å². The highest BCUT2D eigenvalue weighted by Crippen LogP contribution is 2.25. The van der Waals surface area contributed by atoms with Crippen molar-refractivity contribution in [3.8, 4) is 0 Å².